The van der Waals surface area contributed by atoms with Crippen molar-refractivity contribution in [2.75, 3.05) is 13.1 Å². The second-order valence-corrected chi connectivity index (χ2v) is 4.05. The van der Waals surface area contributed by atoms with Crippen LogP contribution in [0.3, 0.4) is 0 Å². The molecule has 0 unspecified atom stereocenters. The monoisotopic (exact) mass is 223 g/mol. The van der Waals surface area contributed by atoms with E-state index in [1.54, 1.807) is 4.90 Å². The number of aliphatic hydroxyl groups excluding tert-OH is 1. The zero-order valence-electron chi connectivity index (χ0n) is 8.90. The Morgan fingerprint density at radius 2 is 2.06 bits per heavy atom. The largest absolute Gasteiger partial charge is 0.391 e. The molecule has 0 aliphatic carbocycles. The molecule has 1 aromatic rings. The summed E-state index contributed by atoms with van der Waals surface area (Å²) in [6, 6.07) is 5.48. The molecular weight excluding hydrogens is 209 g/mol. The third-order valence-corrected chi connectivity index (χ3v) is 2.77. The summed E-state index contributed by atoms with van der Waals surface area (Å²) in [4.78, 5) is 13.6. The van der Waals surface area contributed by atoms with Crippen LogP contribution in [0.5, 0.6) is 0 Å². The quantitative estimate of drug-likeness (QED) is 0.782. The SMILES string of the molecule is O=C(c1ccc(F)cc1)N1CCC[C@@H](O)C1. The van der Waals surface area contributed by atoms with Gasteiger partial charge in [0.1, 0.15) is 5.82 Å². The van der Waals surface area contributed by atoms with Crippen LogP contribution in [0.15, 0.2) is 24.3 Å². The molecule has 1 fully saturated rings. The number of β-amino-alcohol motifs (C(OH)–C–C–N with tert-alkyl or cyclic N) is 1. The van der Waals surface area contributed by atoms with Crippen LogP contribution in [-0.4, -0.2) is 35.1 Å². The van der Waals surface area contributed by atoms with Crippen LogP contribution in [0.1, 0.15) is 23.2 Å². The van der Waals surface area contributed by atoms with E-state index in [0.29, 0.717) is 18.7 Å². The molecule has 4 heteroatoms. The van der Waals surface area contributed by atoms with Crippen LogP contribution in [0.2, 0.25) is 0 Å². The van der Waals surface area contributed by atoms with Gasteiger partial charge >= 0.3 is 0 Å². The van der Waals surface area contributed by atoms with Gasteiger partial charge in [-0.25, -0.2) is 4.39 Å². The number of hydrogen-bond donors (Lipinski definition) is 1. The van der Waals surface area contributed by atoms with Crippen LogP contribution < -0.4 is 0 Å². The third kappa shape index (κ3) is 2.39. The summed E-state index contributed by atoms with van der Waals surface area (Å²) in [7, 11) is 0. The molecule has 1 saturated heterocycles. The van der Waals surface area contributed by atoms with Gasteiger partial charge in [0.2, 0.25) is 0 Å². The lowest BCUT2D eigenvalue weighted by Crippen LogP contribution is -2.42. The van der Waals surface area contributed by atoms with Crippen LogP contribution >= 0.6 is 0 Å². The van der Waals surface area contributed by atoms with Crippen LogP contribution in [0.4, 0.5) is 4.39 Å². The molecule has 0 spiro atoms. The molecule has 2 rings (SSSR count). The Kier molecular flexibility index (Phi) is 3.19. The zero-order chi connectivity index (χ0) is 11.5. The van der Waals surface area contributed by atoms with Gasteiger partial charge in [0.05, 0.1) is 6.10 Å². The first-order valence-electron chi connectivity index (χ1n) is 5.40. The van der Waals surface area contributed by atoms with Gasteiger partial charge in [-0.2, -0.15) is 0 Å². The Bertz CT molecular complexity index is 377. The van der Waals surface area contributed by atoms with E-state index in [2.05, 4.69) is 0 Å². The fourth-order valence-electron chi connectivity index (χ4n) is 1.91. The zero-order valence-corrected chi connectivity index (χ0v) is 8.90. The molecule has 0 bridgehead atoms. The lowest BCUT2D eigenvalue weighted by atomic mass is 10.1. The maximum Gasteiger partial charge on any atom is 0.253 e. The Balaban J connectivity index is 2.09. The number of nitrogens with zero attached hydrogens (tertiary/aromatic N) is 1. The van der Waals surface area contributed by atoms with E-state index < -0.39 is 6.10 Å². The van der Waals surface area contributed by atoms with Crippen molar-refractivity contribution in [3.05, 3.63) is 35.6 Å². The topological polar surface area (TPSA) is 40.5 Å². The number of carbonyl (C=O) groups excluding carboxylic acids is 1. The average Bonchev–Trinajstić information content (AvgIpc) is 2.29. The molecule has 1 aliphatic rings. The summed E-state index contributed by atoms with van der Waals surface area (Å²) < 4.78 is 12.7. The molecule has 0 saturated carbocycles. The Morgan fingerprint density at radius 1 is 1.38 bits per heavy atom. The van der Waals surface area contributed by atoms with Crippen molar-refractivity contribution in [1.29, 1.82) is 0 Å². The maximum absolute atomic E-state index is 12.7. The molecular formula is C12H14FNO2. The number of rotatable bonds is 1. The van der Waals surface area contributed by atoms with E-state index in [0.717, 1.165) is 12.8 Å². The average molecular weight is 223 g/mol. The highest BCUT2D eigenvalue weighted by atomic mass is 19.1. The summed E-state index contributed by atoms with van der Waals surface area (Å²) in [5.74, 6) is -0.492. The predicted molar refractivity (Wildman–Crippen MR) is 57.5 cm³/mol. The molecule has 1 amide bonds. The predicted octanol–water partition coefficient (Wildman–Crippen LogP) is 1.42. The number of amides is 1. The fraction of sp³-hybridized carbons (Fsp3) is 0.417. The van der Waals surface area contributed by atoms with Crippen LogP contribution in [0.25, 0.3) is 0 Å². The minimum absolute atomic E-state index is 0.140. The molecule has 1 aliphatic heterocycles. The Morgan fingerprint density at radius 3 is 2.69 bits per heavy atom. The number of benzene rings is 1. The number of aliphatic hydroxyl groups is 1. The number of halogens is 1. The molecule has 3 nitrogen and oxygen atoms in total. The summed E-state index contributed by atoms with van der Waals surface area (Å²) >= 11 is 0. The molecule has 1 N–H and O–H groups in total. The minimum atomic E-state index is -0.432. The smallest absolute Gasteiger partial charge is 0.253 e. The fourth-order valence-corrected chi connectivity index (χ4v) is 1.91. The number of piperidine rings is 1. The standard InChI is InChI=1S/C12H14FNO2/c13-10-5-3-9(4-6-10)12(16)14-7-1-2-11(15)8-14/h3-6,11,15H,1-2,7-8H2/t11-/m1/s1. The lowest BCUT2D eigenvalue weighted by Gasteiger charge is -2.30. The van der Waals surface area contributed by atoms with Gasteiger partial charge < -0.3 is 10.0 Å². The Labute approximate surface area is 93.5 Å². The molecule has 0 aromatic heterocycles. The van der Waals surface area contributed by atoms with Crippen molar-refractivity contribution < 1.29 is 14.3 Å². The van der Waals surface area contributed by atoms with Crippen LogP contribution in [0, 0.1) is 5.82 Å². The molecule has 1 heterocycles. The first-order valence-corrected chi connectivity index (χ1v) is 5.40. The molecule has 0 radical (unpaired) electrons. The first kappa shape index (κ1) is 11.1. The van der Waals surface area contributed by atoms with E-state index in [1.807, 2.05) is 0 Å². The number of hydrogen-bond acceptors (Lipinski definition) is 2. The van der Waals surface area contributed by atoms with Gasteiger partial charge in [-0.3, -0.25) is 4.79 Å². The molecule has 1 aromatic carbocycles. The first-order chi connectivity index (χ1) is 7.66. The summed E-state index contributed by atoms with van der Waals surface area (Å²) in [5.41, 5.74) is 0.468. The second-order valence-electron chi connectivity index (χ2n) is 4.05. The van der Waals surface area contributed by atoms with E-state index >= 15 is 0 Å². The highest BCUT2D eigenvalue weighted by molar-refractivity contribution is 5.94. The Hall–Kier alpha value is -1.42. The highest BCUT2D eigenvalue weighted by Crippen LogP contribution is 2.14. The van der Waals surface area contributed by atoms with Gasteiger partial charge in [0.25, 0.3) is 5.91 Å². The molecule has 16 heavy (non-hydrogen) atoms. The third-order valence-electron chi connectivity index (χ3n) is 2.77. The van der Waals surface area contributed by atoms with Crippen molar-refractivity contribution in [1.82, 2.24) is 4.90 Å². The van der Waals surface area contributed by atoms with Gasteiger partial charge in [-0.1, -0.05) is 0 Å². The second kappa shape index (κ2) is 4.61. The number of carbonyl (C=O) groups is 1. The summed E-state index contributed by atoms with van der Waals surface area (Å²) in [5, 5.41) is 9.47. The van der Waals surface area contributed by atoms with Gasteiger partial charge in [0, 0.05) is 18.7 Å². The van der Waals surface area contributed by atoms with Gasteiger partial charge in [-0.15, -0.1) is 0 Å². The van der Waals surface area contributed by atoms with Crippen molar-refractivity contribution in [2.24, 2.45) is 0 Å². The van der Waals surface area contributed by atoms with Crippen LogP contribution in [-0.2, 0) is 0 Å². The lowest BCUT2D eigenvalue weighted by molar-refractivity contribution is 0.0473. The van der Waals surface area contributed by atoms with E-state index in [1.165, 1.54) is 24.3 Å². The summed E-state index contributed by atoms with van der Waals surface area (Å²) in [6.07, 6.45) is 1.12. The highest BCUT2D eigenvalue weighted by Gasteiger charge is 2.22. The van der Waals surface area contributed by atoms with Crippen molar-refractivity contribution >= 4 is 5.91 Å². The van der Waals surface area contributed by atoms with Gasteiger partial charge in [0.15, 0.2) is 0 Å². The van der Waals surface area contributed by atoms with Crippen molar-refractivity contribution in [3.8, 4) is 0 Å². The normalized spacial score (nSPS) is 20.9. The van der Waals surface area contributed by atoms with Gasteiger partial charge in [-0.05, 0) is 37.1 Å². The minimum Gasteiger partial charge on any atom is -0.391 e. The molecule has 86 valence electrons. The van der Waals surface area contributed by atoms with E-state index in [4.69, 9.17) is 0 Å². The van der Waals surface area contributed by atoms with E-state index in [9.17, 15) is 14.3 Å². The molecule has 1 atom stereocenters. The number of likely N-dealkylation sites (tertiary alicyclic amines) is 1. The van der Waals surface area contributed by atoms with Crippen molar-refractivity contribution in [3.63, 3.8) is 0 Å². The maximum atomic E-state index is 12.7. The summed E-state index contributed by atoms with van der Waals surface area (Å²) in [6.45, 7) is 1.03. The van der Waals surface area contributed by atoms with E-state index in [-0.39, 0.29) is 11.7 Å². The van der Waals surface area contributed by atoms with Crippen molar-refractivity contribution in [2.45, 2.75) is 18.9 Å².